The third-order valence-corrected chi connectivity index (χ3v) is 5.46. The summed E-state index contributed by atoms with van der Waals surface area (Å²) in [7, 11) is 0. The Morgan fingerprint density at radius 1 is 1.24 bits per heavy atom. The van der Waals surface area contributed by atoms with Crippen molar-refractivity contribution in [1.29, 1.82) is 0 Å². The second-order valence-electron chi connectivity index (χ2n) is 5.52. The summed E-state index contributed by atoms with van der Waals surface area (Å²) < 4.78 is 0. The lowest BCUT2D eigenvalue weighted by Crippen LogP contribution is -2.38. The zero-order valence-corrected chi connectivity index (χ0v) is 11.1. The molecule has 1 aliphatic carbocycles. The molecule has 1 aromatic rings. The van der Waals surface area contributed by atoms with Gasteiger partial charge < -0.3 is 10.6 Å². The van der Waals surface area contributed by atoms with Gasteiger partial charge in [0.05, 0.1) is 5.69 Å². The van der Waals surface area contributed by atoms with Crippen LogP contribution in [0.3, 0.4) is 0 Å². The number of aromatic nitrogens is 1. The van der Waals surface area contributed by atoms with Crippen molar-refractivity contribution < 1.29 is 0 Å². The van der Waals surface area contributed by atoms with Crippen LogP contribution in [0.4, 0.5) is 5.13 Å². The number of nitrogens with two attached hydrogens (primary N) is 1. The minimum Gasteiger partial charge on any atom is -0.348 e. The maximum absolute atomic E-state index is 5.61. The molecular formula is C13H21N3S. The summed E-state index contributed by atoms with van der Waals surface area (Å²) in [5.41, 5.74) is 7.35. The van der Waals surface area contributed by atoms with Crippen LogP contribution >= 0.6 is 11.3 Å². The molecule has 0 bridgehead atoms. The van der Waals surface area contributed by atoms with Crippen LogP contribution in [0.25, 0.3) is 0 Å². The highest BCUT2D eigenvalue weighted by Crippen LogP contribution is 2.46. The van der Waals surface area contributed by atoms with Crippen molar-refractivity contribution in [1.82, 2.24) is 4.98 Å². The van der Waals surface area contributed by atoms with Crippen LogP contribution in [0.5, 0.6) is 0 Å². The Labute approximate surface area is 107 Å². The molecule has 2 heterocycles. The summed E-state index contributed by atoms with van der Waals surface area (Å²) >= 11 is 1.75. The number of anilines is 1. The van der Waals surface area contributed by atoms with Gasteiger partial charge in [-0.05, 0) is 31.1 Å². The van der Waals surface area contributed by atoms with E-state index in [1.807, 2.05) is 0 Å². The van der Waals surface area contributed by atoms with Gasteiger partial charge in [0.1, 0.15) is 0 Å². The molecule has 1 saturated carbocycles. The first-order chi connectivity index (χ1) is 8.31. The molecule has 1 aromatic heterocycles. The number of hydrogen-bond donors (Lipinski definition) is 1. The zero-order chi connectivity index (χ0) is 11.7. The van der Waals surface area contributed by atoms with Crippen molar-refractivity contribution in [2.45, 2.75) is 45.1 Å². The molecule has 0 aromatic carbocycles. The maximum Gasteiger partial charge on any atom is 0.185 e. The van der Waals surface area contributed by atoms with E-state index in [9.17, 15) is 0 Å². The van der Waals surface area contributed by atoms with Crippen molar-refractivity contribution in [2.24, 2.45) is 11.1 Å². The zero-order valence-electron chi connectivity index (χ0n) is 10.3. The molecule has 2 fully saturated rings. The van der Waals surface area contributed by atoms with E-state index in [0.717, 1.165) is 5.69 Å². The first-order valence-electron chi connectivity index (χ1n) is 6.71. The molecule has 0 amide bonds. The standard InChI is InChI=1S/C13H21N3S/c14-9-11-10-17-12(15-11)16-7-5-13(6-8-16)3-1-2-4-13/h10H,1-9,14H2. The molecule has 1 aliphatic heterocycles. The molecule has 4 heteroatoms. The van der Waals surface area contributed by atoms with Crippen LogP contribution in [0, 0.1) is 5.41 Å². The van der Waals surface area contributed by atoms with Crippen molar-refractivity contribution in [3.05, 3.63) is 11.1 Å². The summed E-state index contributed by atoms with van der Waals surface area (Å²) in [5.74, 6) is 0. The highest BCUT2D eigenvalue weighted by Gasteiger charge is 2.37. The smallest absolute Gasteiger partial charge is 0.185 e. The Morgan fingerprint density at radius 2 is 1.94 bits per heavy atom. The highest BCUT2D eigenvalue weighted by atomic mass is 32.1. The summed E-state index contributed by atoms with van der Waals surface area (Å²) in [6.07, 6.45) is 8.57. The van der Waals surface area contributed by atoms with E-state index in [1.165, 1.54) is 56.7 Å². The van der Waals surface area contributed by atoms with Crippen LogP contribution < -0.4 is 10.6 Å². The fourth-order valence-electron chi connectivity index (χ4n) is 3.33. The van der Waals surface area contributed by atoms with Crippen LogP contribution in [0.1, 0.15) is 44.2 Å². The van der Waals surface area contributed by atoms with Crippen molar-refractivity contribution in [2.75, 3.05) is 18.0 Å². The molecule has 17 heavy (non-hydrogen) atoms. The number of rotatable bonds is 2. The molecule has 0 radical (unpaired) electrons. The summed E-state index contributed by atoms with van der Waals surface area (Å²) in [5, 5.41) is 3.27. The Kier molecular flexibility index (Phi) is 3.09. The van der Waals surface area contributed by atoms with Gasteiger partial charge in [0, 0.05) is 25.0 Å². The third kappa shape index (κ3) is 2.20. The van der Waals surface area contributed by atoms with Gasteiger partial charge in [-0.1, -0.05) is 12.8 Å². The Bertz CT molecular complexity index is 372. The number of hydrogen-bond acceptors (Lipinski definition) is 4. The number of nitrogens with zero attached hydrogens (tertiary/aromatic N) is 2. The van der Waals surface area contributed by atoms with Gasteiger partial charge in [-0.25, -0.2) is 4.98 Å². The summed E-state index contributed by atoms with van der Waals surface area (Å²) in [6, 6.07) is 0. The second kappa shape index (κ2) is 4.58. The van der Waals surface area contributed by atoms with Gasteiger partial charge in [0.15, 0.2) is 5.13 Å². The molecule has 0 unspecified atom stereocenters. The van der Waals surface area contributed by atoms with Gasteiger partial charge in [-0.15, -0.1) is 11.3 Å². The van der Waals surface area contributed by atoms with E-state index in [0.29, 0.717) is 12.0 Å². The molecule has 3 nitrogen and oxygen atoms in total. The van der Waals surface area contributed by atoms with E-state index < -0.39 is 0 Å². The Morgan fingerprint density at radius 3 is 2.53 bits per heavy atom. The average Bonchev–Trinajstić information content (AvgIpc) is 3.00. The van der Waals surface area contributed by atoms with Crippen LogP contribution in [-0.4, -0.2) is 18.1 Å². The minimum atomic E-state index is 0.564. The fourth-order valence-corrected chi connectivity index (χ4v) is 4.22. The maximum atomic E-state index is 5.61. The quantitative estimate of drug-likeness (QED) is 0.879. The number of thiazole rings is 1. The summed E-state index contributed by atoms with van der Waals surface area (Å²) in [4.78, 5) is 7.04. The topological polar surface area (TPSA) is 42.1 Å². The largest absolute Gasteiger partial charge is 0.348 e. The monoisotopic (exact) mass is 251 g/mol. The lowest BCUT2D eigenvalue weighted by atomic mass is 9.77. The van der Waals surface area contributed by atoms with Crippen molar-refractivity contribution in [3.63, 3.8) is 0 Å². The van der Waals surface area contributed by atoms with Gasteiger partial charge >= 0.3 is 0 Å². The predicted molar refractivity (Wildman–Crippen MR) is 72.4 cm³/mol. The second-order valence-corrected chi connectivity index (χ2v) is 6.36. The van der Waals surface area contributed by atoms with E-state index in [2.05, 4.69) is 15.3 Å². The predicted octanol–water partition coefficient (Wildman–Crippen LogP) is 2.76. The third-order valence-electron chi connectivity index (χ3n) is 4.51. The van der Waals surface area contributed by atoms with Gasteiger partial charge in [0.2, 0.25) is 0 Å². The Hall–Kier alpha value is -0.610. The van der Waals surface area contributed by atoms with Crippen molar-refractivity contribution in [3.8, 4) is 0 Å². The molecule has 2 aliphatic rings. The SMILES string of the molecule is NCc1csc(N2CCC3(CCCC3)CC2)n1. The van der Waals surface area contributed by atoms with E-state index in [-0.39, 0.29) is 0 Å². The number of piperidine rings is 1. The highest BCUT2D eigenvalue weighted by molar-refractivity contribution is 7.13. The first kappa shape index (κ1) is 11.5. The van der Waals surface area contributed by atoms with Gasteiger partial charge in [0.25, 0.3) is 0 Å². The van der Waals surface area contributed by atoms with Crippen LogP contribution in [0.15, 0.2) is 5.38 Å². The van der Waals surface area contributed by atoms with Crippen LogP contribution in [-0.2, 0) is 6.54 Å². The molecular weight excluding hydrogens is 230 g/mol. The summed E-state index contributed by atoms with van der Waals surface area (Å²) in [6.45, 7) is 2.95. The van der Waals surface area contributed by atoms with E-state index in [1.54, 1.807) is 11.3 Å². The van der Waals surface area contributed by atoms with Gasteiger partial charge in [-0.3, -0.25) is 0 Å². The molecule has 1 spiro atoms. The normalized spacial score (nSPS) is 23.5. The molecule has 2 N–H and O–H groups in total. The molecule has 1 saturated heterocycles. The molecule has 3 rings (SSSR count). The lowest BCUT2D eigenvalue weighted by molar-refractivity contribution is 0.226. The van der Waals surface area contributed by atoms with E-state index >= 15 is 0 Å². The first-order valence-corrected chi connectivity index (χ1v) is 7.59. The van der Waals surface area contributed by atoms with E-state index in [4.69, 9.17) is 5.73 Å². The molecule has 0 atom stereocenters. The molecule has 94 valence electrons. The van der Waals surface area contributed by atoms with Gasteiger partial charge in [-0.2, -0.15) is 0 Å². The average molecular weight is 251 g/mol. The van der Waals surface area contributed by atoms with Crippen molar-refractivity contribution >= 4 is 16.5 Å². The van der Waals surface area contributed by atoms with Crippen LogP contribution in [0.2, 0.25) is 0 Å². The fraction of sp³-hybridized carbons (Fsp3) is 0.769. The lowest BCUT2D eigenvalue weighted by Gasteiger charge is -2.39. The minimum absolute atomic E-state index is 0.564. The Balaban J connectivity index is 1.64.